The van der Waals surface area contributed by atoms with Gasteiger partial charge in [-0.05, 0) is 36.2 Å². The lowest BCUT2D eigenvalue weighted by Gasteiger charge is -2.08. The van der Waals surface area contributed by atoms with E-state index in [4.69, 9.17) is 5.73 Å². The molecule has 0 aliphatic carbocycles. The highest BCUT2D eigenvalue weighted by Crippen LogP contribution is 2.14. The van der Waals surface area contributed by atoms with Gasteiger partial charge in [-0.25, -0.2) is 13.8 Å². The second kappa shape index (κ2) is 5.44. The molecule has 1 aromatic carbocycles. The Morgan fingerprint density at radius 1 is 1.17 bits per heavy atom. The average Bonchev–Trinajstić information content (AvgIpc) is 2.30. The van der Waals surface area contributed by atoms with Gasteiger partial charge in [0.05, 0.1) is 5.69 Å². The lowest BCUT2D eigenvalue weighted by molar-refractivity contribution is 0.580. The van der Waals surface area contributed by atoms with Crippen LogP contribution in [0, 0.1) is 11.6 Å². The molecule has 0 radical (unpaired) electrons. The van der Waals surface area contributed by atoms with E-state index < -0.39 is 11.6 Å². The summed E-state index contributed by atoms with van der Waals surface area (Å²) < 4.78 is 25.9. The van der Waals surface area contributed by atoms with Crippen LogP contribution >= 0.6 is 0 Å². The molecule has 0 bridgehead atoms. The summed E-state index contributed by atoms with van der Waals surface area (Å²) in [6, 6.07) is 7.06. The number of benzene rings is 1. The molecule has 18 heavy (non-hydrogen) atoms. The van der Waals surface area contributed by atoms with E-state index in [-0.39, 0.29) is 0 Å². The molecule has 3 N–H and O–H groups in total. The first kappa shape index (κ1) is 12.3. The number of hydrogen-bond acceptors (Lipinski definition) is 3. The number of nitrogens with one attached hydrogen (secondary N) is 1. The van der Waals surface area contributed by atoms with E-state index in [9.17, 15) is 8.78 Å². The van der Waals surface area contributed by atoms with Crippen LogP contribution in [0.2, 0.25) is 0 Å². The highest BCUT2D eigenvalue weighted by molar-refractivity contribution is 5.60. The molecule has 5 heteroatoms. The van der Waals surface area contributed by atoms with E-state index in [1.54, 1.807) is 18.3 Å². The van der Waals surface area contributed by atoms with Gasteiger partial charge in [0.15, 0.2) is 0 Å². The molecule has 0 saturated carbocycles. The van der Waals surface area contributed by atoms with E-state index >= 15 is 0 Å². The molecule has 1 heterocycles. The smallest absolute Gasteiger partial charge is 0.146 e. The molecule has 1 aromatic heterocycles. The van der Waals surface area contributed by atoms with Crippen LogP contribution in [0.25, 0.3) is 0 Å². The van der Waals surface area contributed by atoms with Gasteiger partial charge >= 0.3 is 0 Å². The van der Waals surface area contributed by atoms with Crippen LogP contribution in [-0.4, -0.2) is 11.5 Å². The van der Waals surface area contributed by atoms with Crippen molar-refractivity contribution in [3.8, 4) is 0 Å². The monoisotopic (exact) mass is 249 g/mol. The number of pyridine rings is 1. The van der Waals surface area contributed by atoms with Crippen molar-refractivity contribution in [1.82, 2.24) is 4.98 Å². The maximum absolute atomic E-state index is 13.0. The molecular weight excluding hydrogens is 236 g/mol. The Bertz CT molecular complexity index is 523. The molecule has 2 aromatic rings. The molecule has 0 aliphatic rings. The highest BCUT2D eigenvalue weighted by atomic mass is 19.1. The minimum atomic E-state index is -0.564. The van der Waals surface area contributed by atoms with Crippen LogP contribution in [0.5, 0.6) is 0 Å². The highest BCUT2D eigenvalue weighted by Gasteiger charge is 2.02. The number of nitrogens with two attached hydrogens (primary N) is 1. The Labute approximate surface area is 104 Å². The number of nitrogens with zero attached hydrogens (tertiary/aromatic N) is 1. The third-order valence-electron chi connectivity index (χ3n) is 2.49. The number of aromatic nitrogens is 1. The maximum atomic E-state index is 13.0. The zero-order chi connectivity index (χ0) is 13.0. The number of anilines is 2. The Morgan fingerprint density at radius 2 is 1.89 bits per heavy atom. The molecule has 3 nitrogen and oxygen atoms in total. The SMILES string of the molecule is Nc1ncccc1NCCc1cc(F)cc(F)c1. The second-order valence-corrected chi connectivity index (χ2v) is 3.89. The summed E-state index contributed by atoms with van der Waals surface area (Å²) in [6.07, 6.45) is 2.10. The van der Waals surface area contributed by atoms with Crippen molar-refractivity contribution in [1.29, 1.82) is 0 Å². The Kier molecular flexibility index (Phi) is 3.72. The number of hydrogen-bond donors (Lipinski definition) is 2. The van der Waals surface area contributed by atoms with Gasteiger partial charge < -0.3 is 11.1 Å². The van der Waals surface area contributed by atoms with Crippen molar-refractivity contribution in [3.05, 3.63) is 53.7 Å². The molecule has 0 unspecified atom stereocenters. The van der Waals surface area contributed by atoms with Gasteiger partial charge in [0.1, 0.15) is 17.5 Å². The molecule has 0 aliphatic heterocycles. The minimum Gasteiger partial charge on any atom is -0.382 e. The first-order valence-corrected chi connectivity index (χ1v) is 5.54. The summed E-state index contributed by atoms with van der Waals surface area (Å²) in [6.45, 7) is 0.527. The van der Waals surface area contributed by atoms with Crippen molar-refractivity contribution in [2.75, 3.05) is 17.6 Å². The molecule has 0 spiro atoms. The quantitative estimate of drug-likeness (QED) is 0.875. The average molecular weight is 249 g/mol. The lowest BCUT2D eigenvalue weighted by atomic mass is 10.1. The first-order valence-electron chi connectivity index (χ1n) is 5.54. The van der Waals surface area contributed by atoms with Crippen molar-refractivity contribution in [2.45, 2.75) is 6.42 Å². The molecule has 0 fully saturated rings. The van der Waals surface area contributed by atoms with Gasteiger partial charge in [0, 0.05) is 18.8 Å². The summed E-state index contributed by atoms with van der Waals surface area (Å²) in [4.78, 5) is 3.93. The summed E-state index contributed by atoms with van der Waals surface area (Å²) in [5.41, 5.74) is 6.97. The normalized spacial score (nSPS) is 10.3. The summed E-state index contributed by atoms with van der Waals surface area (Å²) in [5, 5.41) is 3.07. The molecule has 2 rings (SSSR count). The Morgan fingerprint density at radius 3 is 2.56 bits per heavy atom. The third kappa shape index (κ3) is 3.16. The summed E-state index contributed by atoms with van der Waals surface area (Å²) >= 11 is 0. The van der Waals surface area contributed by atoms with E-state index in [1.165, 1.54) is 12.1 Å². The van der Waals surface area contributed by atoms with Crippen LogP contribution in [0.3, 0.4) is 0 Å². The van der Waals surface area contributed by atoms with Crippen molar-refractivity contribution >= 4 is 11.5 Å². The van der Waals surface area contributed by atoms with Gasteiger partial charge in [-0.1, -0.05) is 0 Å². The first-order chi connectivity index (χ1) is 8.65. The van der Waals surface area contributed by atoms with Crippen molar-refractivity contribution in [3.63, 3.8) is 0 Å². The van der Waals surface area contributed by atoms with Gasteiger partial charge in [0.2, 0.25) is 0 Å². The molecule has 94 valence electrons. The van der Waals surface area contributed by atoms with Crippen LogP contribution in [0.1, 0.15) is 5.56 Å². The van der Waals surface area contributed by atoms with E-state index in [2.05, 4.69) is 10.3 Å². The maximum Gasteiger partial charge on any atom is 0.146 e. The zero-order valence-electron chi connectivity index (χ0n) is 9.66. The minimum absolute atomic E-state index is 0.405. The van der Waals surface area contributed by atoms with Crippen LogP contribution < -0.4 is 11.1 Å². The fourth-order valence-corrected chi connectivity index (χ4v) is 1.66. The molecule has 0 atom stereocenters. The van der Waals surface area contributed by atoms with Gasteiger partial charge in [-0.15, -0.1) is 0 Å². The Hall–Kier alpha value is -2.17. The predicted molar refractivity (Wildman–Crippen MR) is 67.2 cm³/mol. The zero-order valence-corrected chi connectivity index (χ0v) is 9.66. The van der Waals surface area contributed by atoms with E-state index in [1.807, 2.05) is 0 Å². The second-order valence-electron chi connectivity index (χ2n) is 3.89. The lowest BCUT2D eigenvalue weighted by Crippen LogP contribution is -2.07. The van der Waals surface area contributed by atoms with Crippen molar-refractivity contribution in [2.24, 2.45) is 0 Å². The third-order valence-corrected chi connectivity index (χ3v) is 2.49. The van der Waals surface area contributed by atoms with Gasteiger partial charge in [0.25, 0.3) is 0 Å². The summed E-state index contributed by atoms with van der Waals surface area (Å²) in [5.74, 6) is -0.722. The number of halogens is 2. The van der Waals surface area contributed by atoms with Crippen LogP contribution in [0.4, 0.5) is 20.3 Å². The molecule has 0 amide bonds. The predicted octanol–water partition coefficient (Wildman–Crippen LogP) is 2.60. The van der Waals surface area contributed by atoms with Crippen molar-refractivity contribution < 1.29 is 8.78 Å². The van der Waals surface area contributed by atoms with Gasteiger partial charge in [-0.2, -0.15) is 0 Å². The Balaban J connectivity index is 1.94. The van der Waals surface area contributed by atoms with E-state index in [0.717, 1.165) is 11.8 Å². The summed E-state index contributed by atoms with van der Waals surface area (Å²) in [7, 11) is 0. The number of rotatable bonds is 4. The largest absolute Gasteiger partial charge is 0.382 e. The molecular formula is C13H13F2N3. The fraction of sp³-hybridized carbons (Fsp3) is 0.154. The number of nitrogen functional groups attached to an aromatic ring is 1. The van der Waals surface area contributed by atoms with Crippen LogP contribution in [0.15, 0.2) is 36.5 Å². The topological polar surface area (TPSA) is 50.9 Å². The van der Waals surface area contributed by atoms with E-state index in [0.29, 0.717) is 24.3 Å². The molecule has 0 saturated heterocycles. The fourth-order valence-electron chi connectivity index (χ4n) is 1.66. The van der Waals surface area contributed by atoms with Crippen LogP contribution in [-0.2, 0) is 6.42 Å². The standard InChI is InChI=1S/C13H13F2N3/c14-10-6-9(7-11(15)8-10)3-5-17-12-2-1-4-18-13(12)16/h1-2,4,6-8,17H,3,5H2,(H2,16,18). The van der Waals surface area contributed by atoms with Gasteiger partial charge in [-0.3, -0.25) is 0 Å².